The van der Waals surface area contributed by atoms with Crippen molar-refractivity contribution in [1.82, 2.24) is 9.78 Å². The summed E-state index contributed by atoms with van der Waals surface area (Å²) in [4.78, 5) is 10.1. The molecule has 0 radical (unpaired) electrons. The standard InChI is InChI=1S/C12H14N4O2/c1-9-10(8-14-15(9)2)7-13-11-3-5-12(6-4-11)16(17)18/h3-6,8,13H,7H2,1-2H3. The van der Waals surface area contributed by atoms with E-state index in [0.29, 0.717) is 6.54 Å². The van der Waals surface area contributed by atoms with Crippen molar-refractivity contribution in [2.75, 3.05) is 5.32 Å². The molecule has 2 rings (SSSR count). The quantitative estimate of drug-likeness (QED) is 0.663. The number of rotatable bonds is 4. The van der Waals surface area contributed by atoms with Crippen molar-refractivity contribution in [1.29, 1.82) is 0 Å². The highest BCUT2D eigenvalue weighted by Gasteiger charge is 2.05. The van der Waals surface area contributed by atoms with Gasteiger partial charge in [-0.3, -0.25) is 14.8 Å². The van der Waals surface area contributed by atoms with Gasteiger partial charge in [0.2, 0.25) is 0 Å². The number of non-ortho nitro benzene ring substituents is 1. The zero-order valence-electron chi connectivity index (χ0n) is 10.3. The molecule has 0 aliphatic carbocycles. The van der Waals surface area contributed by atoms with E-state index >= 15 is 0 Å². The number of nitrogens with one attached hydrogen (secondary N) is 1. The summed E-state index contributed by atoms with van der Waals surface area (Å²) in [6, 6.07) is 6.37. The van der Waals surface area contributed by atoms with Gasteiger partial charge in [0.05, 0.1) is 11.1 Å². The van der Waals surface area contributed by atoms with Crippen molar-refractivity contribution in [3.05, 3.63) is 51.8 Å². The van der Waals surface area contributed by atoms with E-state index in [4.69, 9.17) is 0 Å². The van der Waals surface area contributed by atoms with E-state index in [2.05, 4.69) is 10.4 Å². The van der Waals surface area contributed by atoms with Crippen molar-refractivity contribution in [2.24, 2.45) is 7.05 Å². The van der Waals surface area contributed by atoms with Crippen LogP contribution < -0.4 is 5.32 Å². The second-order valence-corrected chi connectivity index (χ2v) is 4.04. The molecule has 0 fully saturated rings. The minimum atomic E-state index is -0.408. The minimum Gasteiger partial charge on any atom is -0.381 e. The molecule has 94 valence electrons. The maximum atomic E-state index is 10.5. The smallest absolute Gasteiger partial charge is 0.269 e. The van der Waals surface area contributed by atoms with Crippen molar-refractivity contribution in [3.8, 4) is 0 Å². The molecule has 1 N–H and O–H groups in total. The Bertz CT molecular complexity index is 560. The zero-order chi connectivity index (χ0) is 13.1. The molecule has 1 aromatic heterocycles. The maximum Gasteiger partial charge on any atom is 0.269 e. The summed E-state index contributed by atoms with van der Waals surface area (Å²) in [7, 11) is 1.89. The number of aryl methyl sites for hydroxylation is 1. The largest absolute Gasteiger partial charge is 0.381 e. The van der Waals surface area contributed by atoms with Crippen LogP contribution >= 0.6 is 0 Å². The third-order valence-electron chi connectivity index (χ3n) is 2.90. The average molecular weight is 246 g/mol. The normalized spacial score (nSPS) is 10.3. The fraction of sp³-hybridized carbons (Fsp3) is 0.250. The molecule has 2 aromatic rings. The number of nitrogens with zero attached hydrogens (tertiary/aromatic N) is 3. The van der Waals surface area contributed by atoms with Crippen LogP contribution in [0.5, 0.6) is 0 Å². The van der Waals surface area contributed by atoms with E-state index in [1.54, 1.807) is 12.1 Å². The lowest BCUT2D eigenvalue weighted by Gasteiger charge is -2.05. The molecule has 18 heavy (non-hydrogen) atoms. The van der Waals surface area contributed by atoms with E-state index in [0.717, 1.165) is 16.9 Å². The molecule has 0 bridgehead atoms. The molecular weight excluding hydrogens is 232 g/mol. The Balaban J connectivity index is 2.02. The summed E-state index contributed by atoms with van der Waals surface area (Å²) in [6.07, 6.45) is 1.81. The monoisotopic (exact) mass is 246 g/mol. The highest BCUT2D eigenvalue weighted by Crippen LogP contribution is 2.16. The highest BCUT2D eigenvalue weighted by molar-refractivity contribution is 5.48. The molecule has 1 aromatic carbocycles. The molecule has 0 saturated heterocycles. The van der Waals surface area contributed by atoms with Gasteiger partial charge >= 0.3 is 0 Å². The van der Waals surface area contributed by atoms with Crippen LogP contribution in [0.3, 0.4) is 0 Å². The molecule has 0 aliphatic rings. The summed E-state index contributed by atoms with van der Waals surface area (Å²) < 4.78 is 1.81. The Labute approximate surface area is 104 Å². The highest BCUT2D eigenvalue weighted by atomic mass is 16.6. The summed E-state index contributed by atoms with van der Waals surface area (Å²) >= 11 is 0. The molecule has 1 heterocycles. The van der Waals surface area contributed by atoms with Crippen LogP contribution in [0, 0.1) is 17.0 Å². The number of aromatic nitrogens is 2. The summed E-state index contributed by atoms with van der Waals surface area (Å²) in [5.41, 5.74) is 3.15. The van der Waals surface area contributed by atoms with Crippen LogP contribution in [0.4, 0.5) is 11.4 Å². The maximum absolute atomic E-state index is 10.5. The van der Waals surface area contributed by atoms with E-state index < -0.39 is 4.92 Å². The molecule has 0 unspecified atom stereocenters. The lowest BCUT2D eigenvalue weighted by Crippen LogP contribution is -2.01. The van der Waals surface area contributed by atoms with Crippen LogP contribution in [0.15, 0.2) is 30.5 Å². The van der Waals surface area contributed by atoms with E-state index in [9.17, 15) is 10.1 Å². The number of anilines is 1. The Morgan fingerprint density at radius 1 is 1.39 bits per heavy atom. The van der Waals surface area contributed by atoms with Gasteiger partial charge < -0.3 is 5.32 Å². The third-order valence-corrected chi connectivity index (χ3v) is 2.90. The Morgan fingerprint density at radius 3 is 2.56 bits per heavy atom. The van der Waals surface area contributed by atoms with Crippen LogP contribution in [0.1, 0.15) is 11.3 Å². The zero-order valence-corrected chi connectivity index (χ0v) is 10.3. The van der Waals surface area contributed by atoms with Gasteiger partial charge in [-0.1, -0.05) is 0 Å². The van der Waals surface area contributed by atoms with Crippen molar-refractivity contribution >= 4 is 11.4 Å². The SMILES string of the molecule is Cc1c(CNc2ccc([N+](=O)[O-])cc2)cnn1C. The number of hydrogen-bond donors (Lipinski definition) is 1. The van der Waals surface area contributed by atoms with Crippen LogP contribution in [-0.4, -0.2) is 14.7 Å². The Morgan fingerprint density at radius 2 is 2.06 bits per heavy atom. The first-order valence-corrected chi connectivity index (χ1v) is 5.53. The predicted octanol–water partition coefficient (Wildman–Crippen LogP) is 2.25. The van der Waals surface area contributed by atoms with Crippen LogP contribution in [0.2, 0.25) is 0 Å². The molecule has 0 spiro atoms. The van der Waals surface area contributed by atoms with Gasteiger partial charge in [-0.25, -0.2) is 0 Å². The molecule has 0 amide bonds. The Hall–Kier alpha value is -2.37. The predicted molar refractivity (Wildman–Crippen MR) is 68.4 cm³/mol. The van der Waals surface area contributed by atoms with Gasteiger partial charge in [0.1, 0.15) is 0 Å². The fourth-order valence-corrected chi connectivity index (χ4v) is 1.62. The van der Waals surface area contributed by atoms with E-state index in [1.807, 2.05) is 24.9 Å². The number of benzene rings is 1. The van der Waals surface area contributed by atoms with Crippen molar-refractivity contribution in [2.45, 2.75) is 13.5 Å². The van der Waals surface area contributed by atoms with Gasteiger partial charge in [0, 0.05) is 42.7 Å². The fourth-order valence-electron chi connectivity index (χ4n) is 1.62. The third kappa shape index (κ3) is 2.48. The Kier molecular flexibility index (Phi) is 3.27. The molecule has 0 atom stereocenters. The summed E-state index contributed by atoms with van der Waals surface area (Å²) in [6.45, 7) is 2.65. The van der Waals surface area contributed by atoms with Crippen molar-refractivity contribution in [3.63, 3.8) is 0 Å². The molecular formula is C12H14N4O2. The molecule has 0 aliphatic heterocycles. The van der Waals surface area contributed by atoms with Gasteiger partial charge in [-0.15, -0.1) is 0 Å². The topological polar surface area (TPSA) is 73.0 Å². The van der Waals surface area contributed by atoms with Crippen LogP contribution in [-0.2, 0) is 13.6 Å². The first-order chi connectivity index (χ1) is 8.58. The first-order valence-electron chi connectivity index (χ1n) is 5.53. The van der Waals surface area contributed by atoms with E-state index in [-0.39, 0.29) is 5.69 Å². The van der Waals surface area contributed by atoms with Crippen molar-refractivity contribution < 1.29 is 4.92 Å². The lowest BCUT2D eigenvalue weighted by atomic mass is 10.2. The summed E-state index contributed by atoms with van der Waals surface area (Å²) in [5.74, 6) is 0. The van der Waals surface area contributed by atoms with Gasteiger partial charge in [-0.05, 0) is 19.1 Å². The number of nitro benzene ring substituents is 1. The molecule has 6 heteroatoms. The summed E-state index contributed by atoms with van der Waals surface area (Å²) in [5, 5.41) is 17.9. The van der Waals surface area contributed by atoms with E-state index in [1.165, 1.54) is 12.1 Å². The van der Waals surface area contributed by atoms with Gasteiger partial charge in [0.25, 0.3) is 5.69 Å². The first kappa shape index (κ1) is 12.1. The van der Waals surface area contributed by atoms with Gasteiger partial charge in [-0.2, -0.15) is 5.10 Å². The minimum absolute atomic E-state index is 0.0955. The molecule has 0 saturated carbocycles. The second-order valence-electron chi connectivity index (χ2n) is 4.04. The number of hydrogen-bond acceptors (Lipinski definition) is 4. The number of nitro groups is 1. The average Bonchev–Trinajstić information content (AvgIpc) is 2.68. The second kappa shape index (κ2) is 4.87. The van der Waals surface area contributed by atoms with Crippen LogP contribution in [0.25, 0.3) is 0 Å². The molecule has 6 nitrogen and oxygen atoms in total. The lowest BCUT2D eigenvalue weighted by molar-refractivity contribution is -0.384. The van der Waals surface area contributed by atoms with Gasteiger partial charge in [0.15, 0.2) is 0 Å².